The van der Waals surface area contributed by atoms with E-state index in [-0.39, 0.29) is 18.5 Å². The predicted molar refractivity (Wildman–Crippen MR) is 128 cm³/mol. The second-order valence-corrected chi connectivity index (χ2v) is 10.8. The molecule has 0 saturated carbocycles. The Labute approximate surface area is 203 Å². The van der Waals surface area contributed by atoms with E-state index < -0.39 is 0 Å². The van der Waals surface area contributed by atoms with Crippen molar-refractivity contribution in [3.63, 3.8) is 0 Å². The molecule has 10 nitrogen and oxygen atoms in total. The van der Waals surface area contributed by atoms with Crippen molar-refractivity contribution in [2.75, 3.05) is 6.54 Å². The monoisotopic (exact) mass is 483 g/mol. The fourth-order valence-electron chi connectivity index (χ4n) is 5.75. The number of aromatic nitrogens is 7. The van der Waals surface area contributed by atoms with Crippen LogP contribution in [0.2, 0.25) is 0 Å². The van der Waals surface area contributed by atoms with Gasteiger partial charge in [0.2, 0.25) is 5.91 Å². The summed E-state index contributed by atoms with van der Waals surface area (Å²) in [6.07, 6.45) is 7.13. The summed E-state index contributed by atoms with van der Waals surface area (Å²) in [4.78, 5) is 16.5. The molecule has 0 radical (unpaired) electrons. The topological polar surface area (TPSA) is 107 Å². The third-order valence-corrected chi connectivity index (χ3v) is 8.21. The van der Waals surface area contributed by atoms with Crippen LogP contribution < -0.4 is 5.32 Å². The maximum atomic E-state index is 12.7. The van der Waals surface area contributed by atoms with E-state index >= 15 is 0 Å². The Balaban J connectivity index is 1.23. The highest BCUT2D eigenvalue weighted by atomic mass is 32.1. The van der Waals surface area contributed by atoms with E-state index in [1.54, 1.807) is 11.3 Å². The van der Waals surface area contributed by atoms with Gasteiger partial charge in [-0.3, -0.25) is 9.69 Å². The molecule has 5 heterocycles. The Hall–Kier alpha value is -2.66. The van der Waals surface area contributed by atoms with Crippen LogP contribution in [0, 0.1) is 6.92 Å². The fraction of sp³-hybridized carbons (Fsp3) is 0.652. The highest BCUT2D eigenvalue weighted by molar-refractivity contribution is 7.10. The molecule has 2 aliphatic heterocycles. The van der Waals surface area contributed by atoms with Gasteiger partial charge < -0.3 is 9.88 Å². The molecular formula is C23H33N9OS. The van der Waals surface area contributed by atoms with Gasteiger partial charge in [-0.15, -0.1) is 26.6 Å². The molecule has 0 aliphatic carbocycles. The zero-order valence-electron chi connectivity index (χ0n) is 20.0. The summed E-state index contributed by atoms with van der Waals surface area (Å²) < 4.78 is 3.85. The lowest BCUT2D eigenvalue weighted by Gasteiger charge is -2.40. The van der Waals surface area contributed by atoms with Crippen molar-refractivity contribution < 1.29 is 4.79 Å². The first kappa shape index (κ1) is 23.1. The lowest BCUT2D eigenvalue weighted by Crippen LogP contribution is -2.45. The van der Waals surface area contributed by atoms with Gasteiger partial charge in [0.05, 0.1) is 6.04 Å². The molecule has 1 N–H and O–H groups in total. The van der Waals surface area contributed by atoms with Crippen molar-refractivity contribution in [3.05, 3.63) is 40.4 Å². The maximum Gasteiger partial charge on any atom is 0.242 e. The van der Waals surface area contributed by atoms with Gasteiger partial charge in [0.25, 0.3) is 0 Å². The number of nitrogens with one attached hydrogen (secondary N) is 1. The second-order valence-electron chi connectivity index (χ2n) is 9.81. The number of carbonyl (C=O) groups excluding carboxylic acids is 1. The number of nitrogens with zero attached hydrogens (tertiary/aromatic N) is 8. The van der Waals surface area contributed by atoms with Gasteiger partial charge in [-0.1, -0.05) is 19.9 Å². The van der Waals surface area contributed by atoms with E-state index in [9.17, 15) is 4.79 Å². The van der Waals surface area contributed by atoms with Gasteiger partial charge in [-0.2, -0.15) is 0 Å². The third kappa shape index (κ3) is 4.76. The summed E-state index contributed by atoms with van der Waals surface area (Å²) in [6, 6.07) is 5.77. The average molecular weight is 484 g/mol. The summed E-state index contributed by atoms with van der Waals surface area (Å²) in [7, 11) is 0. The number of thiophene rings is 1. The van der Waals surface area contributed by atoms with Gasteiger partial charge >= 0.3 is 0 Å². The van der Waals surface area contributed by atoms with E-state index in [1.165, 1.54) is 28.7 Å². The molecule has 0 aromatic carbocycles. The van der Waals surface area contributed by atoms with Crippen LogP contribution in [0.25, 0.3) is 0 Å². The van der Waals surface area contributed by atoms with Gasteiger partial charge in [0, 0.05) is 35.5 Å². The molecule has 2 aliphatic rings. The lowest BCUT2D eigenvalue weighted by atomic mass is 9.95. The number of tetrazole rings is 1. The van der Waals surface area contributed by atoms with Gasteiger partial charge in [0.15, 0.2) is 0 Å². The number of rotatable bonds is 9. The van der Waals surface area contributed by atoms with Crippen LogP contribution in [0.1, 0.15) is 80.5 Å². The zero-order valence-corrected chi connectivity index (χ0v) is 20.9. The van der Waals surface area contributed by atoms with Crippen LogP contribution in [0.3, 0.4) is 0 Å². The molecule has 1 amide bonds. The predicted octanol–water partition coefficient (Wildman–Crippen LogP) is 2.87. The standard InChI is InChI=1S/C23H33N9OS/c1-15(2)23-27-26-16(3)32(23)19-11-17-6-7-18(12-19)31(17)9-8-20(21-5-4-10-34-21)25-22(33)13-30-14-24-28-29-30/h4-5,10,14-15,17-20H,6-9,11-13H2,1-3H3,(H,25,33)/t17-,18+,19-,20-/m0/s1. The van der Waals surface area contributed by atoms with E-state index in [4.69, 9.17) is 0 Å². The van der Waals surface area contributed by atoms with Crippen LogP contribution in [0.4, 0.5) is 0 Å². The van der Waals surface area contributed by atoms with Gasteiger partial charge in [0.1, 0.15) is 24.5 Å². The molecule has 3 aromatic rings. The van der Waals surface area contributed by atoms with Crippen molar-refractivity contribution in [3.8, 4) is 0 Å². The number of carbonyl (C=O) groups is 1. The number of fused-ring (bicyclic) bond motifs is 2. The molecule has 4 atom stereocenters. The molecule has 3 aromatic heterocycles. The summed E-state index contributed by atoms with van der Waals surface area (Å²) in [5.41, 5.74) is 0. The van der Waals surface area contributed by atoms with Crippen molar-refractivity contribution in [1.82, 2.24) is 45.2 Å². The van der Waals surface area contributed by atoms with E-state index in [0.717, 1.165) is 37.5 Å². The largest absolute Gasteiger partial charge is 0.347 e. The van der Waals surface area contributed by atoms with Gasteiger partial charge in [-0.25, -0.2) is 4.68 Å². The van der Waals surface area contributed by atoms with E-state index in [1.807, 2.05) is 6.07 Å². The first-order valence-corrected chi connectivity index (χ1v) is 13.1. The minimum Gasteiger partial charge on any atom is -0.347 e. The quantitative estimate of drug-likeness (QED) is 0.499. The Morgan fingerprint density at radius 3 is 2.65 bits per heavy atom. The minimum atomic E-state index is -0.0725. The number of amides is 1. The highest BCUT2D eigenvalue weighted by Crippen LogP contribution is 2.42. The summed E-state index contributed by atoms with van der Waals surface area (Å²) in [5.74, 6) is 2.44. The SMILES string of the molecule is Cc1nnc(C(C)C)n1[C@@H]1C[C@H]2CC[C@@H](C1)N2CC[C@H](NC(=O)Cn1cnnn1)c1cccs1. The zero-order chi connectivity index (χ0) is 23.7. The lowest BCUT2D eigenvalue weighted by molar-refractivity contribution is -0.122. The van der Waals surface area contributed by atoms with Crippen molar-refractivity contribution in [1.29, 1.82) is 0 Å². The Kier molecular flexibility index (Phi) is 6.73. The molecule has 182 valence electrons. The fourth-order valence-corrected chi connectivity index (χ4v) is 6.56. The molecular weight excluding hydrogens is 450 g/mol. The number of hydrogen-bond donors (Lipinski definition) is 1. The van der Waals surface area contributed by atoms with Crippen LogP contribution in [0.5, 0.6) is 0 Å². The average Bonchev–Trinajstić information content (AvgIpc) is 3.60. The van der Waals surface area contributed by atoms with E-state index in [2.05, 4.69) is 72.7 Å². The molecule has 34 heavy (non-hydrogen) atoms. The summed E-state index contributed by atoms with van der Waals surface area (Å²) in [6.45, 7) is 7.58. The maximum absolute atomic E-state index is 12.7. The van der Waals surface area contributed by atoms with E-state index in [0.29, 0.717) is 24.0 Å². The number of piperidine rings is 1. The van der Waals surface area contributed by atoms with Crippen molar-refractivity contribution in [2.24, 2.45) is 0 Å². The Morgan fingerprint density at radius 1 is 1.21 bits per heavy atom. The normalized spacial score (nSPS) is 23.5. The second kappa shape index (κ2) is 9.91. The van der Waals surface area contributed by atoms with Gasteiger partial charge in [-0.05, 0) is 60.9 Å². The smallest absolute Gasteiger partial charge is 0.242 e. The first-order valence-electron chi connectivity index (χ1n) is 12.2. The molecule has 2 bridgehead atoms. The van der Waals surface area contributed by atoms with Crippen molar-refractivity contribution in [2.45, 2.75) is 89.5 Å². The molecule has 2 saturated heterocycles. The highest BCUT2D eigenvalue weighted by Gasteiger charge is 2.42. The molecule has 0 unspecified atom stereocenters. The summed E-state index contributed by atoms with van der Waals surface area (Å²) >= 11 is 1.69. The minimum absolute atomic E-state index is 0.00580. The summed E-state index contributed by atoms with van der Waals surface area (Å²) in [5, 5.41) is 25.2. The molecule has 0 spiro atoms. The molecule has 11 heteroatoms. The number of aryl methyl sites for hydroxylation is 1. The van der Waals surface area contributed by atoms with Crippen LogP contribution >= 0.6 is 11.3 Å². The Morgan fingerprint density at radius 2 is 2.00 bits per heavy atom. The number of hydrogen-bond acceptors (Lipinski definition) is 8. The van der Waals surface area contributed by atoms with Crippen LogP contribution in [-0.4, -0.2) is 64.4 Å². The first-order chi connectivity index (χ1) is 16.5. The molecule has 5 rings (SSSR count). The Bertz CT molecular complexity index is 1060. The van der Waals surface area contributed by atoms with Crippen molar-refractivity contribution >= 4 is 17.2 Å². The third-order valence-electron chi connectivity index (χ3n) is 7.23. The van der Waals surface area contributed by atoms with Crippen LogP contribution in [-0.2, 0) is 11.3 Å². The van der Waals surface area contributed by atoms with Crippen LogP contribution in [0.15, 0.2) is 23.8 Å². The molecule has 2 fully saturated rings.